The summed E-state index contributed by atoms with van der Waals surface area (Å²) in [5.74, 6) is -8.22. The van der Waals surface area contributed by atoms with Crippen LogP contribution in [0.5, 0.6) is 5.75 Å². The molecule has 1 heterocycles. The Bertz CT molecular complexity index is 706. The van der Waals surface area contributed by atoms with E-state index in [1.807, 2.05) is 0 Å². The number of carbonyl (C=O) groups excluding carboxylic acids is 2. The molecule has 0 radical (unpaired) electrons. The molecule has 0 amide bonds. The van der Waals surface area contributed by atoms with Crippen molar-refractivity contribution >= 4 is 11.9 Å². The maximum absolute atomic E-state index is 14.8. The molecular formula is C15H15F2NO7. The fraction of sp³-hybridized carbons (Fsp3) is 0.467. The molecule has 1 aromatic rings. The maximum Gasteiger partial charge on any atom is 0.320 e. The Labute approximate surface area is 140 Å². The molecule has 0 spiro atoms. The molecule has 8 nitrogen and oxygen atoms in total. The molecule has 10 heteroatoms. The molecule has 0 saturated carbocycles. The van der Waals surface area contributed by atoms with E-state index in [9.17, 15) is 28.5 Å². The summed E-state index contributed by atoms with van der Waals surface area (Å²) in [4.78, 5) is 34.0. The highest BCUT2D eigenvalue weighted by atomic mass is 19.1. The lowest BCUT2D eigenvalue weighted by atomic mass is 9.84. The maximum atomic E-state index is 14.8. The van der Waals surface area contributed by atoms with Crippen molar-refractivity contribution in [3.8, 4) is 5.75 Å². The Kier molecular flexibility index (Phi) is 5.50. The van der Waals surface area contributed by atoms with Gasteiger partial charge in [-0.3, -0.25) is 19.7 Å². The fourth-order valence-corrected chi connectivity index (χ4v) is 2.82. The monoisotopic (exact) mass is 359 g/mol. The molecule has 1 aromatic carbocycles. The molecule has 0 bridgehead atoms. The van der Waals surface area contributed by atoms with Crippen LogP contribution in [0, 0.1) is 27.7 Å². The molecule has 2 rings (SSSR count). The van der Waals surface area contributed by atoms with Gasteiger partial charge in [0, 0.05) is 28.5 Å². The number of rotatable bonds is 6. The third-order valence-corrected chi connectivity index (χ3v) is 3.95. The lowest BCUT2D eigenvalue weighted by Gasteiger charge is -2.22. The van der Waals surface area contributed by atoms with Gasteiger partial charge in [-0.25, -0.2) is 8.78 Å². The number of halogens is 2. The van der Waals surface area contributed by atoms with Crippen molar-refractivity contribution in [2.45, 2.75) is 12.3 Å². The highest BCUT2D eigenvalue weighted by Gasteiger charge is 2.44. The van der Waals surface area contributed by atoms with Crippen molar-refractivity contribution in [2.75, 3.05) is 27.4 Å². The summed E-state index contributed by atoms with van der Waals surface area (Å²) < 4.78 is 43.2. The van der Waals surface area contributed by atoms with E-state index >= 15 is 0 Å². The van der Waals surface area contributed by atoms with Gasteiger partial charge < -0.3 is 14.2 Å². The van der Waals surface area contributed by atoms with E-state index < -0.39 is 52.4 Å². The quantitative estimate of drug-likeness (QED) is 0.325. The van der Waals surface area contributed by atoms with Gasteiger partial charge in [0.05, 0.1) is 26.7 Å². The molecule has 25 heavy (non-hydrogen) atoms. The SMILES string of the molecule is COC(=O)C(C(=O)OC)[C@@H](C[N+](=O)[O-])c1c(F)cc2c(c1F)CCO2. The van der Waals surface area contributed by atoms with Gasteiger partial charge in [-0.1, -0.05) is 0 Å². The third kappa shape index (κ3) is 3.52. The number of carbonyl (C=O) groups is 2. The van der Waals surface area contributed by atoms with Crippen molar-refractivity contribution in [2.24, 2.45) is 5.92 Å². The normalized spacial score (nSPS) is 13.8. The van der Waals surface area contributed by atoms with E-state index in [2.05, 4.69) is 9.47 Å². The number of benzene rings is 1. The van der Waals surface area contributed by atoms with Gasteiger partial charge in [-0.2, -0.15) is 0 Å². The largest absolute Gasteiger partial charge is 0.493 e. The van der Waals surface area contributed by atoms with Gasteiger partial charge in [0.15, 0.2) is 5.92 Å². The van der Waals surface area contributed by atoms with Gasteiger partial charge in [0.1, 0.15) is 17.4 Å². The number of nitrogens with zero attached hydrogens (tertiary/aromatic N) is 1. The molecule has 0 aromatic heterocycles. The minimum atomic E-state index is -1.88. The fourth-order valence-electron chi connectivity index (χ4n) is 2.82. The average Bonchev–Trinajstić information content (AvgIpc) is 3.02. The van der Waals surface area contributed by atoms with Crippen LogP contribution < -0.4 is 4.74 Å². The average molecular weight is 359 g/mol. The first-order valence-corrected chi connectivity index (χ1v) is 7.22. The second-order valence-electron chi connectivity index (χ2n) is 5.31. The molecule has 1 atom stereocenters. The molecule has 136 valence electrons. The van der Waals surface area contributed by atoms with Crippen LogP contribution in [0.4, 0.5) is 8.78 Å². The number of fused-ring (bicyclic) bond motifs is 1. The first-order chi connectivity index (χ1) is 11.8. The van der Waals surface area contributed by atoms with E-state index in [0.717, 1.165) is 20.3 Å². The molecule has 0 fully saturated rings. The number of ether oxygens (including phenoxy) is 3. The molecule has 1 aliphatic heterocycles. The number of nitro groups is 1. The topological polar surface area (TPSA) is 105 Å². The standard InChI is InChI=1S/C15H15F2NO7/c1-23-14(19)12(15(20)24-2)8(6-18(21)22)11-9(16)5-10-7(13(11)17)3-4-25-10/h5,8,12H,3-4,6H2,1-2H3/t8-/m0/s1. The molecular weight excluding hydrogens is 344 g/mol. The van der Waals surface area contributed by atoms with Crippen LogP contribution in [0.25, 0.3) is 0 Å². The van der Waals surface area contributed by atoms with Crippen molar-refractivity contribution in [3.63, 3.8) is 0 Å². The van der Waals surface area contributed by atoms with Crippen LogP contribution in [0.15, 0.2) is 6.07 Å². The number of methoxy groups -OCH3 is 2. The first kappa shape index (κ1) is 18.6. The van der Waals surface area contributed by atoms with Crippen LogP contribution in [0.2, 0.25) is 0 Å². The van der Waals surface area contributed by atoms with Gasteiger partial charge in [-0.15, -0.1) is 0 Å². The number of hydrogen-bond acceptors (Lipinski definition) is 7. The Morgan fingerprint density at radius 3 is 2.44 bits per heavy atom. The summed E-state index contributed by atoms with van der Waals surface area (Å²) >= 11 is 0. The van der Waals surface area contributed by atoms with E-state index in [1.165, 1.54) is 0 Å². The van der Waals surface area contributed by atoms with E-state index in [0.29, 0.717) is 0 Å². The van der Waals surface area contributed by atoms with E-state index in [-0.39, 0.29) is 24.3 Å². The molecule has 0 saturated heterocycles. The van der Waals surface area contributed by atoms with Crippen molar-refractivity contribution in [3.05, 3.63) is 38.9 Å². The van der Waals surface area contributed by atoms with Crippen LogP contribution in [0.1, 0.15) is 17.0 Å². The zero-order valence-corrected chi connectivity index (χ0v) is 13.4. The van der Waals surface area contributed by atoms with Gasteiger partial charge in [0.25, 0.3) is 0 Å². The predicted molar refractivity (Wildman–Crippen MR) is 77.7 cm³/mol. The first-order valence-electron chi connectivity index (χ1n) is 7.22. The Balaban J connectivity index is 2.63. The Morgan fingerprint density at radius 1 is 1.32 bits per heavy atom. The zero-order valence-electron chi connectivity index (χ0n) is 13.4. The lowest BCUT2D eigenvalue weighted by molar-refractivity contribution is -0.484. The van der Waals surface area contributed by atoms with Crippen molar-refractivity contribution in [1.82, 2.24) is 0 Å². The third-order valence-electron chi connectivity index (χ3n) is 3.95. The van der Waals surface area contributed by atoms with Crippen LogP contribution in [-0.2, 0) is 25.5 Å². The zero-order chi connectivity index (χ0) is 18.7. The van der Waals surface area contributed by atoms with E-state index in [1.54, 1.807) is 0 Å². The summed E-state index contributed by atoms with van der Waals surface area (Å²) in [5.41, 5.74) is -0.694. The summed E-state index contributed by atoms with van der Waals surface area (Å²) in [6.07, 6.45) is 0.140. The smallest absolute Gasteiger partial charge is 0.320 e. The Morgan fingerprint density at radius 2 is 1.92 bits per heavy atom. The van der Waals surface area contributed by atoms with E-state index in [4.69, 9.17) is 4.74 Å². The molecule has 0 aliphatic carbocycles. The van der Waals surface area contributed by atoms with Crippen molar-refractivity contribution < 1.29 is 37.5 Å². The number of esters is 2. The van der Waals surface area contributed by atoms with Gasteiger partial charge >= 0.3 is 11.9 Å². The summed E-state index contributed by atoms with van der Waals surface area (Å²) in [5, 5.41) is 11.0. The van der Waals surface area contributed by atoms with Crippen LogP contribution in [-0.4, -0.2) is 44.2 Å². The molecule has 0 N–H and O–H groups in total. The van der Waals surface area contributed by atoms with Gasteiger partial charge in [0.2, 0.25) is 6.54 Å². The van der Waals surface area contributed by atoms with Gasteiger partial charge in [-0.05, 0) is 0 Å². The second-order valence-corrected chi connectivity index (χ2v) is 5.31. The number of hydrogen-bond donors (Lipinski definition) is 0. The Hall–Kier alpha value is -2.78. The molecule has 0 unspecified atom stereocenters. The van der Waals surface area contributed by atoms with Crippen LogP contribution in [0.3, 0.4) is 0 Å². The summed E-state index contributed by atoms with van der Waals surface area (Å²) in [6.45, 7) is -0.936. The summed E-state index contributed by atoms with van der Waals surface area (Å²) in [6, 6.07) is 0.888. The highest BCUT2D eigenvalue weighted by molar-refractivity contribution is 5.96. The lowest BCUT2D eigenvalue weighted by Crippen LogP contribution is -2.36. The second kappa shape index (κ2) is 7.41. The predicted octanol–water partition coefficient (Wildman–Crippen LogP) is 1.22. The summed E-state index contributed by atoms with van der Waals surface area (Å²) in [7, 11) is 1.90. The molecule has 1 aliphatic rings. The van der Waals surface area contributed by atoms with Crippen LogP contribution >= 0.6 is 0 Å². The minimum absolute atomic E-state index is 0.00807. The van der Waals surface area contributed by atoms with Crippen molar-refractivity contribution in [1.29, 1.82) is 0 Å². The highest BCUT2D eigenvalue weighted by Crippen LogP contribution is 2.38. The minimum Gasteiger partial charge on any atom is -0.493 e.